The number of likely N-dealkylation sites (tertiary alicyclic amines) is 1. The number of piperidine rings is 1. The molecule has 96 valence electrons. The van der Waals surface area contributed by atoms with Crippen molar-refractivity contribution in [1.82, 2.24) is 15.5 Å². The Kier molecular flexibility index (Phi) is 3.66. The van der Waals surface area contributed by atoms with Crippen LogP contribution in [0.5, 0.6) is 0 Å². The zero-order valence-corrected chi connectivity index (χ0v) is 10.5. The van der Waals surface area contributed by atoms with E-state index in [1.54, 1.807) is 0 Å². The van der Waals surface area contributed by atoms with Gasteiger partial charge in [-0.1, -0.05) is 13.8 Å². The van der Waals surface area contributed by atoms with E-state index >= 15 is 0 Å². The van der Waals surface area contributed by atoms with E-state index in [1.807, 2.05) is 4.90 Å². The Labute approximate surface area is 102 Å². The first-order valence-electron chi connectivity index (χ1n) is 6.41. The second-order valence-electron chi connectivity index (χ2n) is 5.19. The molecule has 2 fully saturated rings. The maximum atomic E-state index is 12.2. The Balaban J connectivity index is 1.91. The summed E-state index contributed by atoms with van der Waals surface area (Å²) in [6.45, 7) is 5.52. The summed E-state index contributed by atoms with van der Waals surface area (Å²) < 4.78 is 0. The van der Waals surface area contributed by atoms with E-state index in [4.69, 9.17) is 0 Å². The van der Waals surface area contributed by atoms with Gasteiger partial charge in [0.15, 0.2) is 0 Å². The van der Waals surface area contributed by atoms with Crippen molar-refractivity contribution in [3.05, 3.63) is 0 Å². The molecular weight excluding hydrogens is 218 g/mol. The first-order chi connectivity index (χ1) is 8.08. The highest BCUT2D eigenvalue weighted by molar-refractivity contribution is 5.85. The van der Waals surface area contributed by atoms with Gasteiger partial charge < -0.3 is 15.5 Å². The van der Waals surface area contributed by atoms with E-state index in [0.717, 1.165) is 19.4 Å². The number of hydrogen-bond acceptors (Lipinski definition) is 3. The zero-order chi connectivity index (χ0) is 12.4. The minimum atomic E-state index is -0.0346. The highest BCUT2D eigenvalue weighted by Crippen LogP contribution is 2.19. The Morgan fingerprint density at radius 3 is 2.71 bits per heavy atom. The van der Waals surface area contributed by atoms with Crippen LogP contribution in [0.3, 0.4) is 0 Å². The fourth-order valence-electron chi connectivity index (χ4n) is 2.61. The Bertz CT molecular complexity index is 307. The quantitative estimate of drug-likeness (QED) is 0.721. The molecule has 0 saturated carbocycles. The largest absolute Gasteiger partial charge is 0.354 e. The summed E-state index contributed by atoms with van der Waals surface area (Å²) in [4.78, 5) is 25.2. The normalized spacial score (nSPS) is 29.9. The van der Waals surface area contributed by atoms with Crippen LogP contribution in [0.2, 0.25) is 0 Å². The van der Waals surface area contributed by atoms with Gasteiger partial charge in [-0.15, -0.1) is 0 Å². The number of carbonyl (C=O) groups excluding carboxylic acids is 2. The van der Waals surface area contributed by atoms with Crippen LogP contribution in [-0.2, 0) is 9.59 Å². The lowest BCUT2D eigenvalue weighted by molar-refractivity contribution is -0.134. The maximum Gasteiger partial charge on any atom is 0.240 e. The van der Waals surface area contributed by atoms with Gasteiger partial charge in [-0.2, -0.15) is 0 Å². The first kappa shape index (κ1) is 12.4. The molecule has 5 nitrogen and oxygen atoms in total. The highest BCUT2D eigenvalue weighted by atomic mass is 16.2. The van der Waals surface area contributed by atoms with E-state index in [9.17, 15) is 9.59 Å². The Morgan fingerprint density at radius 1 is 1.35 bits per heavy atom. The van der Waals surface area contributed by atoms with Crippen molar-refractivity contribution >= 4 is 11.8 Å². The maximum absolute atomic E-state index is 12.2. The molecule has 0 spiro atoms. The molecule has 2 saturated heterocycles. The summed E-state index contributed by atoms with van der Waals surface area (Å²) in [5.74, 6) is 0.296. The number of amides is 2. The Hall–Kier alpha value is -1.10. The summed E-state index contributed by atoms with van der Waals surface area (Å²) in [7, 11) is 0. The van der Waals surface area contributed by atoms with Crippen molar-refractivity contribution < 1.29 is 9.59 Å². The number of hydrogen-bond donors (Lipinski definition) is 2. The molecule has 0 bridgehead atoms. The van der Waals surface area contributed by atoms with Gasteiger partial charge in [-0.05, 0) is 12.8 Å². The molecule has 2 atom stereocenters. The lowest BCUT2D eigenvalue weighted by atomic mass is 10.1. The SMILES string of the molecule is CC(C)NC1CCN(C2CCC(=O)NC2)C1=O. The molecule has 2 amide bonds. The van der Waals surface area contributed by atoms with Crippen molar-refractivity contribution in [1.29, 1.82) is 0 Å². The average molecular weight is 239 g/mol. The summed E-state index contributed by atoms with van der Waals surface area (Å²) >= 11 is 0. The Morgan fingerprint density at radius 2 is 2.12 bits per heavy atom. The molecule has 2 heterocycles. The smallest absolute Gasteiger partial charge is 0.240 e. The van der Waals surface area contributed by atoms with Crippen molar-refractivity contribution in [3.63, 3.8) is 0 Å². The van der Waals surface area contributed by atoms with Crippen LogP contribution < -0.4 is 10.6 Å². The molecule has 0 aromatic rings. The summed E-state index contributed by atoms with van der Waals surface area (Å²) in [5.41, 5.74) is 0. The molecule has 2 N–H and O–H groups in total. The predicted molar refractivity (Wildman–Crippen MR) is 64.4 cm³/mol. The van der Waals surface area contributed by atoms with Crippen molar-refractivity contribution in [2.45, 2.75) is 51.2 Å². The van der Waals surface area contributed by atoms with Crippen LogP contribution in [0.15, 0.2) is 0 Å². The second kappa shape index (κ2) is 5.04. The molecule has 2 aliphatic heterocycles. The molecule has 2 unspecified atom stereocenters. The molecule has 0 aliphatic carbocycles. The van der Waals surface area contributed by atoms with Crippen molar-refractivity contribution in [2.24, 2.45) is 0 Å². The van der Waals surface area contributed by atoms with Gasteiger partial charge in [0.1, 0.15) is 0 Å². The van der Waals surface area contributed by atoms with Gasteiger partial charge in [0, 0.05) is 31.6 Å². The van der Waals surface area contributed by atoms with Crippen LogP contribution in [0, 0.1) is 0 Å². The predicted octanol–water partition coefficient (Wildman–Crippen LogP) is -0.136. The molecule has 5 heteroatoms. The molecule has 0 aromatic heterocycles. The van der Waals surface area contributed by atoms with Gasteiger partial charge in [-0.3, -0.25) is 9.59 Å². The minimum Gasteiger partial charge on any atom is -0.354 e. The molecule has 0 radical (unpaired) electrons. The van der Waals surface area contributed by atoms with Gasteiger partial charge in [0.05, 0.1) is 6.04 Å². The van der Waals surface area contributed by atoms with E-state index < -0.39 is 0 Å². The van der Waals surface area contributed by atoms with E-state index in [0.29, 0.717) is 19.0 Å². The number of carbonyl (C=O) groups is 2. The molecule has 17 heavy (non-hydrogen) atoms. The summed E-state index contributed by atoms with van der Waals surface area (Å²) in [6, 6.07) is 0.488. The number of rotatable bonds is 3. The van der Waals surface area contributed by atoms with Crippen LogP contribution in [0.25, 0.3) is 0 Å². The van der Waals surface area contributed by atoms with Crippen LogP contribution in [0.4, 0.5) is 0 Å². The van der Waals surface area contributed by atoms with Crippen LogP contribution in [0.1, 0.15) is 33.1 Å². The average Bonchev–Trinajstić information content (AvgIpc) is 2.61. The van der Waals surface area contributed by atoms with E-state index in [-0.39, 0.29) is 23.9 Å². The third-order valence-electron chi connectivity index (χ3n) is 3.45. The fraction of sp³-hybridized carbons (Fsp3) is 0.833. The monoisotopic (exact) mass is 239 g/mol. The number of nitrogens with one attached hydrogen (secondary N) is 2. The summed E-state index contributed by atoms with van der Waals surface area (Å²) in [5, 5.41) is 6.12. The van der Waals surface area contributed by atoms with Gasteiger partial charge in [0.25, 0.3) is 0 Å². The molecular formula is C12H21N3O2. The van der Waals surface area contributed by atoms with E-state index in [2.05, 4.69) is 24.5 Å². The second-order valence-corrected chi connectivity index (χ2v) is 5.19. The highest BCUT2D eigenvalue weighted by Gasteiger charge is 2.37. The standard InChI is InChI=1S/C12H21N3O2/c1-8(2)14-10-5-6-15(12(10)17)9-3-4-11(16)13-7-9/h8-10,14H,3-7H2,1-2H3,(H,13,16). The third kappa shape index (κ3) is 2.77. The number of nitrogens with zero attached hydrogens (tertiary/aromatic N) is 1. The van der Waals surface area contributed by atoms with Crippen LogP contribution >= 0.6 is 0 Å². The van der Waals surface area contributed by atoms with Crippen molar-refractivity contribution in [2.75, 3.05) is 13.1 Å². The minimum absolute atomic E-state index is 0.0346. The summed E-state index contributed by atoms with van der Waals surface area (Å²) in [6.07, 6.45) is 2.21. The first-order valence-corrected chi connectivity index (χ1v) is 6.41. The fourth-order valence-corrected chi connectivity index (χ4v) is 2.61. The van der Waals surface area contributed by atoms with Gasteiger partial charge in [-0.25, -0.2) is 0 Å². The lowest BCUT2D eigenvalue weighted by Gasteiger charge is -2.31. The zero-order valence-electron chi connectivity index (χ0n) is 10.5. The van der Waals surface area contributed by atoms with Gasteiger partial charge >= 0.3 is 0 Å². The third-order valence-corrected chi connectivity index (χ3v) is 3.45. The van der Waals surface area contributed by atoms with Gasteiger partial charge in [0.2, 0.25) is 11.8 Å². The lowest BCUT2D eigenvalue weighted by Crippen LogP contribution is -2.51. The van der Waals surface area contributed by atoms with Crippen LogP contribution in [-0.4, -0.2) is 47.9 Å². The van der Waals surface area contributed by atoms with E-state index in [1.165, 1.54) is 0 Å². The van der Waals surface area contributed by atoms with Crippen molar-refractivity contribution in [3.8, 4) is 0 Å². The molecule has 2 rings (SSSR count). The molecule has 2 aliphatic rings. The molecule has 0 aromatic carbocycles. The topological polar surface area (TPSA) is 61.4 Å².